The van der Waals surface area contributed by atoms with Gasteiger partial charge < -0.3 is 14.2 Å². The van der Waals surface area contributed by atoms with E-state index in [4.69, 9.17) is 14.2 Å². The van der Waals surface area contributed by atoms with E-state index in [1.807, 2.05) is 36.4 Å². The molecule has 0 heterocycles. The van der Waals surface area contributed by atoms with E-state index in [1.165, 1.54) is 0 Å². The quantitative estimate of drug-likeness (QED) is 0.803. The molecule has 2 rings (SSSR count). The molecule has 0 spiro atoms. The predicted octanol–water partition coefficient (Wildman–Crippen LogP) is 3.21. The number of para-hydroxylation sites is 1. The number of hydrogen-bond donors (Lipinski definition) is 0. The van der Waals surface area contributed by atoms with E-state index in [-0.39, 0.29) is 0 Å². The molecule has 2 aromatic rings. The lowest BCUT2D eigenvalue weighted by molar-refractivity contribution is 0.112. The van der Waals surface area contributed by atoms with Crippen LogP contribution in [0.15, 0.2) is 48.5 Å². The maximum Gasteiger partial charge on any atom is 0.203 e. The van der Waals surface area contributed by atoms with Gasteiger partial charge in [0.05, 0.1) is 21.3 Å². The van der Waals surface area contributed by atoms with Gasteiger partial charge in [0.2, 0.25) is 5.75 Å². The van der Waals surface area contributed by atoms with Crippen LogP contribution in [0.4, 0.5) is 0 Å². The minimum absolute atomic E-state index is 0.627. The number of methoxy groups -OCH3 is 3. The molecule has 4 heteroatoms. The third kappa shape index (κ3) is 4.31. The molecule has 0 aliphatic heterocycles. The Balaban J connectivity index is 0.000000217. The molecule has 0 saturated heterocycles. The Labute approximate surface area is 118 Å². The minimum atomic E-state index is 0.627. The van der Waals surface area contributed by atoms with Gasteiger partial charge in [0.15, 0.2) is 11.5 Å². The van der Waals surface area contributed by atoms with Gasteiger partial charge >= 0.3 is 0 Å². The van der Waals surface area contributed by atoms with Crippen LogP contribution < -0.4 is 14.2 Å². The summed E-state index contributed by atoms with van der Waals surface area (Å²) in [6.07, 6.45) is 0.833. The normalized spacial score (nSPS) is 8.95. The molecule has 2 aromatic carbocycles. The third-order valence-corrected chi connectivity index (χ3v) is 2.52. The fourth-order valence-corrected chi connectivity index (χ4v) is 1.55. The van der Waals surface area contributed by atoms with Gasteiger partial charge in [0.25, 0.3) is 0 Å². The van der Waals surface area contributed by atoms with E-state index in [1.54, 1.807) is 33.5 Å². The monoisotopic (exact) mass is 274 g/mol. The fraction of sp³-hybridized carbons (Fsp3) is 0.188. The molecular formula is C16H18O4. The molecule has 20 heavy (non-hydrogen) atoms. The van der Waals surface area contributed by atoms with Crippen LogP contribution in [0.5, 0.6) is 17.2 Å². The van der Waals surface area contributed by atoms with Gasteiger partial charge in [0.1, 0.15) is 6.29 Å². The topological polar surface area (TPSA) is 44.8 Å². The van der Waals surface area contributed by atoms with Gasteiger partial charge in [-0.3, -0.25) is 4.79 Å². The summed E-state index contributed by atoms with van der Waals surface area (Å²) in [5.41, 5.74) is 0.729. The summed E-state index contributed by atoms with van der Waals surface area (Å²) < 4.78 is 15.3. The molecule has 0 aliphatic rings. The highest BCUT2D eigenvalue weighted by Gasteiger charge is 2.08. The van der Waals surface area contributed by atoms with Crippen LogP contribution in [0.3, 0.4) is 0 Å². The molecule has 0 fully saturated rings. The summed E-state index contributed by atoms with van der Waals surface area (Å²) in [6.45, 7) is 0. The predicted molar refractivity (Wildman–Crippen MR) is 77.9 cm³/mol. The molecule has 4 nitrogen and oxygen atoms in total. The van der Waals surface area contributed by atoms with Crippen LogP contribution in [-0.2, 0) is 0 Å². The van der Waals surface area contributed by atoms with Crippen molar-refractivity contribution in [1.29, 1.82) is 0 Å². The molecule has 0 aromatic heterocycles. The number of aldehydes is 1. The Morgan fingerprint density at radius 3 is 1.65 bits per heavy atom. The van der Waals surface area contributed by atoms with Crippen LogP contribution in [0.1, 0.15) is 10.4 Å². The summed E-state index contributed by atoms with van der Waals surface area (Å²) in [5.74, 6) is 1.98. The lowest BCUT2D eigenvalue weighted by atomic mass is 10.2. The zero-order chi connectivity index (χ0) is 14.8. The van der Waals surface area contributed by atoms with Crippen molar-refractivity contribution in [3.05, 3.63) is 54.1 Å². The van der Waals surface area contributed by atoms with Gasteiger partial charge in [-0.05, 0) is 12.1 Å². The van der Waals surface area contributed by atoms with Crippen molar-refractivity contribution in [3.8, 4) is 17.2 Å². The molecule has 0 radical (unpaired) electrons. The smallest absolute Gasteiger partial charge is 0.203 e. The molecular weight excluding hydrogens is 256 g/mol. The van der Waals surface area contributed by atoms with E-state index in [9.17, 15) is 4.79 Å². The van der Waals surface area contributed by atoms with Gasteiger partial charge in [0, 0.05) is 5.56 Å². The number of rotatable bonds is 4. The van der Waals surface area contributed by atoms with Crippen molar-refractivity contribution in [2.24, 2.45) is 0 Å². The fourth-order valence-electron chi connectivity index (χ4n) is 1.55. The van der Waals surface area contributed by atoms with Crippen molar-refractivity contribution in [2.45, 2.75) is 0 Å². The lowest BCUT2D eigenvalue weighted by Crippen LogP contribution is -1.93. The molecule has 0 amide bonds. The number of carbonyl (C=O) groups excluding carboxylic acids is 1. The van der Waals surface area contributed by atoms with Crippen LogP contribution in [0.2, 0.25) is 0 Å². The van der Waals surface area contributed by atoms with Crippen molar-refractivity contribution in [2.75, 3.05) is 21.3 Å². The average molecular weight is 274 g/mol. The number of ether oxygens (including phenoxy) is 3. The van der Waals surface area contributed by atoms with Gasteiger partial charge in [-0.15, -0.1) is 0 Å². The molecule has 0 aliphatic carbocycles. The second-order valence-electron chi connectivity index (χ2n) is 3.72. The molecule has 106 valence electrons. The first-order valence-electron chi connectivity index (χ1n) is 6.02. The Bertz CT molecular complexity index is 501. The first-order valence-corrected chi connectivity index (χ1v) is 6.02. The highest BCUT2D eigenvalue weighted by atomic mass is 16.5. The Kier molecular flexibility index (Phi) is 6.68. The largest absolute Gasteiger partial charge is 0.493 e. The van der Waals surface area contributed by atoms with Gasteiger partial charge in [-0.2, -0.15) is 0 Å². The first kappa shape index (κ1) is 15.6. The summed E-state index contributed by atoms with van der Waals surface area (Å²) in [7, 11) is 4.77. The summed E-state index contributed by atoms with van der Waals surface area (Å²) in [6, 6.07) is 14.6. The number of hydrogen-bond acceptors (Lipinski definition) is 4. The van der Waals surface area contributed by atoms with Crippen LogP contribution in [-0.4, -0.2) is 27.6 Å². The Morgan fingerprint density at radius 2 is 1.30 bits per heavy atom. The number of benzene rings is 2. The van der Waals surface area contributed by atoms with E-state index < -0.39 is 0 Å². The van der Waals surface area contributed by atoms with Crippen LogP contribution in [0, 0.1) is 0 Å². The standard InChI is InChI=1S/C9H12O3.C7H6O/c1-10-7-5-4-6-8(11-2)9(7)12-3;8-6-7-4-2-1-3-5-7/h4-6H,1-3H3;1-6H. The molecule has 0 saturated carbocycles. The van der Waals surface area contributed by atoms with E-state index >= 15 is 0 Å². The zero-order valence-electron chi connectivity index (χ0n) is 11.8. The lowest BCUT2D eigenvalue weighted by Gasteiger charge is -2.10. The SMILES string of the molecule is COc1cccc(OC)c1OC.O=Cc1ccccc1. The Morgan fingerprint density at radius 1 is 0.750 bits per heavy atom. The first-order chi connectivity index (χ1) is 9.76. The van der Waals surface area contributed by atoms with Gasteiger partial charge in [-0.1, -0.05) is 36.4 Å². The van der Waals surface area contributed by atoms with E-state index in [0.29, 0.717) is 17.2 Å². The zero-order valence-corrected chi connectivity index (χ0v) is 11.8. The number of carbonyl (C=O) groups is 1. The van der Waals surface area contributed by atoms with Crippen molar-refractivity contribution in [3.63, 3.8) is 0 Å². The maximum absolute atomic E-state index is 10.0. The summed E-state index contributed by atoms with van der Waals surface area (Å²) in [5, 5.41) is 0. The molecule has 0 unspecified atom stereocenters. The van der Waals surface area contributed by atoms with E-state index in [0.717, 1.165) is 11.8 Å². The van der Waals surface area contributed by atoms with Crippen LogP contribution >= 0.6 is 0 Å². The highest BCUT2D eigenvalue weighted by Crippen LogP contribution is 2.35. The third-order valence-electron chi connectivity index (χ3n) is 2.52. The van der Waals surface area contributed by atoms with Crippen LogP contribution in [0.25, 0.3) is 0 Å². The molecule has 0 bridgehead atoms. The average Bonchev–Trinajstić information content (AvgIpc) is 2.55. The van der Waals surface area contributed by atoms with Gasteiger partial charge in [-0.25, -0.2) is 0 Å². The molecule has 0 atom stereocenters. The minimum Gasteiger partial charge on any atom is -0.493 e. The summed E-state index contributed by atoms with van der Waals surface area (Å²) in [4.78, 5) is 10.0. The van der Waals surface area contributed by atoms with Crippen molar-refractivity contribution in [1.82, 2.24) is 0 Å². The second-order valence-corrected chi connectivity index (χ2v) is 3.72. The maximum atomic E-state index is 10.0. The van der Waals surface area contributed by atoms with Crippen molar-refractivity contribution < 1.29 is 19.0 Å². The highest BCUT2D eigenvalue weighted by molar-refractivity contribution is 5.74. The Hall–Kier alpha value is -2.49. The van der Waals surface area contributed by atoms with E-state index in [2.05, 4.69) is 0 Å². The second kappa shape index (κ2) is 8.58. The van der Waals surface area contributed by atoms with Crippen molar-refractivity contribution >= 4 is 6.29 Å². The molecule has 0 N–H and O–H groups in total. The summed E-state index contributed by atoms with van der Waals surface area (Å²) >= 11 is 0.